The Hall–Kier alpha value is -3.02. The minimum absolute atomic E-state index is 0.246. The van der Waals surface area contributed by atoms with E-state index >= 15 is 0 Å². The number of halogens is 1. The van der Waals surface area contributed by atoms with Gasteiger partial charge in [0, 0.05) is 37.2 Å². The van der Waals surface area contributed by atoms with Crippen LogP contribution < -0.4 is 15.4 Å². The summed E-state index contributed by atoms with van der Waals surface area (Å²) in [5.41, 5.74) is 4.50. The van der Waals surface area contributed by atoms with Gasteiger partial charge in [-0.25, -0.2) is 4.39 Å². The molecule has 0 saturated carbocycles. The number of H-pyrrole nitrogens is 1. The van der Waals surface area contributed by atoms with E-state index in [-0.39, 0.29) is 11.6 Å². The Labute approximate surface area is 158 Å². The van der Waals surface area contributed by atoms with Crippen molar-refractivity contribution in [3.63, 3.8) is 0 Å². The van der Waals surface area contributed by atoms with Gasteiger partial charge < -0.3 is 20.4 Å². The molecular weight excluding hydrogens is 343 g/mol. The second kappa shape index (κ2) is 8.58. The lowest BCUT2D eigenvalue weighted by molar-refractivity contribution is 0.386. The van der Waals surface area contributed by atoms with Crippen LogP contribution in [0.1, 0.15) is 16.7 Å². The largest absolute Gasteiger partial charge is 0.494 e. The number of methoxy groups -OCH3 is 1. The van der Waals surface area contributed by atoms with Crippen molar-refractivity contribution in [1.82, 2.24) is 15.6 Å². The summed E-state index contributed by atoms with van der Waals surface area (Å²) < 4.78 is 18.7. The highest BCUT2D eigenvalue weighted by Gasteiger charge is 2.06. The number of guanidine groups is 1. The molecule has 3 aromatic rings. The molecule has 2 aromatic carbocycles. The number of aryl methyl sites for hydroxylation is 1. The molecule has 1 aromatic heterocycles. The molecule has 6 heteroatoms. The maximum absolute atomic E-state index is 13.8. The fraction of sp³-hybridized carbons (Fsp3) is 0.286. The van der Waals surface area contributed by atoms with Crippen LogP contribution in [-0.4, -0.2) is 31.6 Å². The van der Waals surface area contributed by atoms with Crippen LogP contribution in [0.5, 0.6) is 5.75 Å². The van der Waals surface area contributed by atoms with Gasteiger partial charge in [0.1, 0.15) is 0 Å². The number of hydrogen-bond acceptors (Lipinski definition) is 2. The Morgan fingerprint density at radius 2 is 2.04 bits per heavy atom. The number of fused-ring (bicyclic) bond motifs is 1. The van der Waals surface area contributed by atoms with Gasteiger partial charge in [0.2, 0.25) is 0 Å². The van der Waals surface area contributed by atoms with Gasteiger partial charge in [-0.15, -0.1) is 0 Å². The third kappa shape index (κ3) is 4.58. The van der Waals surface area contributed by atoms with Crippen molar-refractivity contribution >= 4 is 16.9 Å². The minimum Gasteiger partial charge on any atom is -0.494 e. The van der Waals surface area contributed by atoms with Gasteiger partial charge in [0.15, 0.2) is 17.5 Å². The van der Waals surface area contributed by atoms with E-state index < -0.39 is 0 Å². The van der Waals surface area contributed by atoms with Crippen molar-refractivity contribution in [2.75, 3.05) is 20.7 Å². The predicted octanol–water partition coefficient (Wildman–Crippen LogP) is 3.53. The van der Waals surface area contributed by atoms with Crippen molar-refractivity contribution in [2.24, 2.45) is 4.99 Å². The first-order valence-electron chi connectivity index (χ1n) is 8.94. The molecule has 0 aliphatic carbocycles. The molecule has 0 amide bonds. The van der Waals surface area contributed by atoms with E-state index in [1.807, 2.05) is 6.07 Å². The van der Waals surface area contributed by atoms with E-state index in [0.29, 0.717) is 12.5 Å². The van der Waals surface area contributed by atoms with Gasteiger partial charge >= 0.3 is 0 Å². The lowest BCUT2D eigenvalue weighted by Gasteiger charge is -2.12. The highest BCUT2D eigenvalue weighted by atomic mass is 19.1. The van der Waals surface area contributed by atoms with E-state index in [4.69, 9.17) is 4.74 Å². The summed E-state index contributed by atoms with van der Waals surface area (Å²) in [6, 6.07) is 11.4. The average molecular weight is 368 g/mol. The second-order valence-electron chi connectivity index (χ2n) is 6.43. The Kier molecular flexibility index (Phi) is 5.96. The normalized spacial score (nSPS) is 11.6. The topological polar surface area (TPSA) is 61.4 Å². The van der Waals surface area contributed by atoms with Crippen LogP contribution in [0.25, 0.3) is 10.9 Å². The molecule has 3 rings (SSSR count). The summed E-state index contributed by atoms with van der Waals surface area (Å²) in [4.78, 5) is 7.54. The van der Waals surface area contributed by atoms with Crippen molar-refractivity contribution in [2.45, 2.75) is 19.9 Å². The molecule has 0 unspecified atom stereocenters. The van der Waals surface area contributed by atoms with Crippen molar-refractivity contribution in [3.8, 4) is 5.75 Å². The fourth-order valence-electron chi connectivity index (χ4n) is 3.05. The number of nitrogens with zero attached hydrogens (tertiary/aromatic N) is 1. The zero-order valence-electron chi connectivity index (χ0n) is 15.9. The van der Waals surface area contributed by atoms with Crippen LogP contribution in [0.2, 0.25) is 0 Å². The maximum atomic E-state index is 13.8. The maximum Gasteiger partial charge on any atom is 0.191 e. The summed E-state index contributed by atoms with van der Waals surface area (Å²) in [7, 11) is 3.18. The molecule has 142 valence electrons. The molecule has 0 fully saturated rings. The Morgan fingerprint density at radius 1 is 1.19 bits per heavy atom. The molecule has 0 radical (unpaired) electrons. The lowest BCUT2D eigenvalue weighted by Crippen LogP contribution is -2.37. The molecule has 1 heterocycles. The Morgan fingerprint density at radius 3 is 2.78 bits per heavy atom. The average Bonchev–Trinajstić information content (AvgIpc) is 3.06. The summed E-state index contributed by atoms with van der Waals surface area (Å²) in [5, 5.41) is 7.75. The zero-order chi connectivity index (χ0) is 19.2. The summed E-state index contributed by atoms with van der Waals surface area (Å²) >= 11 is 0. The van der Waals surface area contributed by atoms with Crippen molar-refractivity contribution < 1.29 is 9.13 Å². The number of aromatic nitrogens is 1. The van der Waals surface area contributed by atoms with E-state index in [1.54, 1.807) is 13.1 Å². The Balaban J connectivity index is 1.52. The van der Waals surface area contributed by atoms with Crippen LogP contribution >= 0.6 is 0 Å². The zero-order valence-corrected chi connectivity index (χ0v) is 15.9. The van der Waals surface area contributed by atoms with Gasteiger partial charge in [-0.1, -0.05) is 18.2 Å². The van der Waals surface area contributed by atoms with Gasteiger partial charge in [-0.2, -0.15) is 0 Å². The molecule has 0 saturated heterocycles. The first-order valence-corrected chi connectivity index (χ1v) is 8.94. The minimum atomic E-state index is -0.366. The Bertz CT molecular complexity index is 949. The van der Waals surface area contributed by atoms with Crippen LogP contribution in [0.3, 0.4) is 0 Å². The molecule has 0 aliphatic heterocycles. The van der Waals surface area contributed by atoms with Crippen LogP contribution in [0.15, 0.2) is 47.6 Å². The quantitative estimate of drug-likeness (QED) is 0.461. The van der Waals surface area contributed by atoms with E-state index in [2.05, 4.69) is 51.9 Å². The number of benzene rings is 2. The van der Waals surface area contributed by atoms with Crippen LogP contribution in [-0.2, 0) is 13.0 Å². The highest BCUT2D eigenvalue weighted by molar-refractivity contribution is 5.84. The number of aromatic amines is 1. The SMILES string of the molecule is CN=C(NCCc1c[nH]c2cc(C)ccc12)NCc1ccc(OC)c(F)c1. The molecule has 0 aliphatic rings. The summed E-state index contributed by atoms with van der Waals surface area (Å²) in [6.07, 6.45) is 2.93. The molecule has 5 nitrogen and oxygen atoms in total. The van der Waals surface area contributed by atoms with Crippen molar-refractivity contribution in [1.29, 1.82) is 0 Å². The van der Waals surface area contributed by atoms with Gasteiger partial charge in [-0.3, -0.25) is 4.99 Å². The second-order valence-corrected chi connectivity index (χ2v) is 6.43. The number of nitrogens with one attached hydrogen (secondary N) is 3. The van der Waals surface area contributed by atoms with E-state index in [1.165, 1.54) is 29.7 Å². The van der Waals surface area contributed by atoms with Gasteiger partial charge in [-0.05, 0) is 48.2 Å². The summed E-state index contributed by atoms with van der Waals surface area (Å²) in [5.74, 6) is 0.561. The predicted molar refractivity (Wildman–Crippen MR) is 108 cm³/mol. The molecular formula is C21H25FN4O. The number of rotatable bonds is 6. The fourth-order valence-corrected chi connectivity index (χ4v) is 3.05. The monoisotopic (exact) mass is 368 g/mol. The lowest BCUT2D eigenvalue weighted by atomic mass is 10.1. The molecule has 0 atom stereocenters. The number of ether oxygens (including phenoxy) is 1. The van der Waals surface area contributed by atoms with Gasteiger partial charge in [0.25, 0.3) is 0 Å². The first-order chi connectivity index (χ1) is 13.1. The third-order valence-corrected chi connectivity index (χ3v) is 4.51. The van der Waals surface area contributed by atoms with Gasteiger partial charge in [0.05, 0.1) is 7.11 Å². The number of hydrogen-bond donors (Lipinski definition) is 3. The molecule has 27 heavy (non-hydrogen) atoms. The molecule has 0 spiro atoms. The third-order valence-electron chi connectivity index (χ3n) is 4.51. The standard InChI is InChI=1S/C21H25FN4O/c1-14-4-6-17-16(13-25-19(17)10-14)8-9-24-21(23-2)26-12-15-5-7-20(27-3)18(22)11-15/h4-7,10-11,13,25H,8-9,12H2,1-3H3,(H2,23,24,26). The van der Waals surface area contributed by atoms with E-state index in [9.17, 15) is 4.39 Å². The van der Waals surface area contributed by atoms with Crippen molar-refractivity contribution in [3.05, 3.63) is 65.1 Å². The summed E-state index contributed by atoms with van der Waals surface area (Å²) in [6.45, 7) is 3.32. The van der Waals surface area contributed by atoms with Crippen LogP contribution in [0, 0.1) is 12.7 Å². The van der Waals surface area contributed by atoms with Crippen LogP contribution in [0.4, 0.5) is 4.39 Å². The first kappa shape index (κ1) is 18.8. The van der Waals surface area contributed by atoms with E-state index in [0.717, 1.165) is 24.0 Å². The molecule has 0 bridgehead atoms. The molecule has 3 N–H and O–H groups in total. The smallest absolute Gasteiger partial charge is 0.191 e. The highest BCUT2D eigenvalue weighted by Crippen LogP contribution is 2.20. The number of aliphatic imine (C=N–C) groups is 1.